The average Bonchev–Trinajstić information content (AvgIpc) is 2.68. The minimum absolute atomic E-state index is 0.0324. The van der Waals surface area contributed by atoms with E-state index in [4.69, 9.17) is 0 Å². The molecule has 142 valence electrons. The number of rotatable bonds is 5. The summed E-state index contributed by atoms with van der Waals surface area (Å²) in [6.07, 6.45) is 2.54. The summed E-state index contributed by atoms with van der Waals surface area (Å²) in [7, 11) is 0. The molecule has 2 N–H and O–H groups in total. The molecule has 1 heterocycles. The molecular formula is C22H26N2O3. The number of hydrogen-bond donors (Lipinski definition) is 2. The third-order valence-electron chi connectivity index (χ3n) is 5.16. The van der Waals surface area contributed by atoms with Gasteiger partial charge in [-0.1, -0.05) is 30.3 Å². The van der Waals surface area contributed by atoms with Crippen molar-refractivity contribution in [3.05, 3.63) is 65.7 Å². The molecule has 2 aromatic carbocycles. The third-order valence-corrected chi connectivity index (χ3v) is 5.16. The molecule has 5 nitrogen and oxygen atoms in total. The van der Waals surface area contributed by atoms with E-state index in [1.807, 2.05) is 23.1 Å². The molecule has 1 aliphatic rings. The first-order valence-corrected chi connectivity index (χ1v) is 9.33. The van der Waals surface area contributed by atoms with E-state index in [1.54, 1.807) is 24.3 Å². The Labute approximate surface area is 160 Å². The average molecular weight is 366 g/mol. The predicted octanol–water partition coefficient (Wildman–Crippen LogP) is 3.10. The summed E-state index contributed by atoms with van der Waals surface area (Å²) in [4.78, 5) is 25.9. The molecule has 27 heavy (non-hydrogen) atoms. The largest absolute Gasteiger partial charge is 0.396 e. The lowest BCUT2D eigenvalue weighted by Crippen LogP contribution is -2.49. The highest BCUT2D eigenvalue weighted by molar-refractivity contribution is 5.95. The van der Waals surface area contributed by atoms with E-state index < -0.39 is 0 Å². The van der Waals surface area contributed by atoms with Crippen LogP contribution >= 0.6 is 0 Å². The van der Waals surface area contributed by atoms with Crippen molar-refractivity contribution in [1.82, 2.24) is 4.90 Å². The van der Waals surface area contributed by atoms with Crippen LogP contribution in [0.4, 0.5) is 5.69 Å². The van der Waals surface area contributed by atoms with E-state index in [0.717, 1.165) is 19.3 Å². The van der Waals surface area contributed by atoms with Gasteiger partial charge in [0.05, 0.1) is 6.61 Å². The molecule has 2 aromatic rings. The number of amides is 2. The van der Waals surface area contributed by atoms with Gasteiger partial charge in [-0.05, 0) is 49.1 Å². The van der Waals surface area contributed by atoms with Crippen molar-refractivity contribution >= 4 is 17.5 Å². The van der Waals surface area contributed by atoms with Crippen molar-refractivity contribution in [2.24, 2.45) is 5.41 Å². The standard InChI is InChI=1S/C22H26N2O3/c1-17(26)23-20-10-8-19(9-11-20)21(27)24-13-5-12-22(15-24,16-25)14-18-6-3-2-4-7-18/h2-4,6-11,25H,5,12-16H2,1H3,(H,23,26). The van der Waals surface area contributed by atoms with E-state index >= 15 is 0 Å². The molecule has 0 aliphatic carbocycles. The molecule has 1 atom stereocenters. The first kappa shape index (κ1) is 19.1. The SMILES string of the molecule is CC(=O)Nc1ccc(C(=O)N2CCCC(CO)(Cc3ccccc3)C2)cc1. The van der Waals surface area contributed by atoms with Gasteiger partial charge in [-0.25, -0.2) is 0 Å². The number of aliphatic hydroxyl groups excluding tert-OH is 1. The molecule has 1 saturated heterocycles. The van der Waals surface area contributed by atoms with Crippen molar-refractivity contribution < 1.29 is 14.7 Å². The number of nitrogens with zero attached hydrogens (tertiary/aromatic N) is 1. The van der Waals surface area contributed by atoms with E-state index in [0.29, 0.717) is 24.3 Å². The summed E-state index contributed by atoms with van der Waals surface area (Å²) in [6.45, 7) is 2.76. The molecule has 2 amide bonds. The predicted molar refractivity (Wildman–Crippen MR) is 106 cm³/mol. The summed E-state index contributed by atoms with van der Waals surface area (Å²) in [6, 6.07) is 17.1. The molecule has 1 aliphatic heterocycles. The number of piperidine rings is 1. The van der Waals surface area contributed by atoms with Crippen LogP contribution in [0.1, 0.15) is 35.7 Å². The maximum Gasteiger partial charge on any atom is 0.253 e. The maximum atomic E-state index is 12.9. The van der Waals surface area contributed by atoms with Gasteiger partial charge in [0, 0.05) is 36.7 Å². The number of benzene rings is 2. The van der Waals surface area contributed by atoms with Crippen LogP contribution in [-0.2, 0) is 11.2 Å². The van der Waals surface area contributed by atoms with Gasteiger partial charge < -0.3 is 15.3 Å². The minimum atomic E-state index is -0.300. The summed E-state index contributed by atoms with van der Waals surface area (Å²) in [5, 5.41) is 12.8. The van der Waals surface area contributed by atoms with Crippen LogP contribution < -0.4 is 5.32 Å². The molecule has 0 radical (unpaired) electrons. The van der Waals surface area contributed by atoms with Crippen LogP contribution in [0, 0.1) is 5.41 Å². The maximum absolute atomic E-state index is 12.9. The van der Waals surface area contributed by atoms with Gasteiger partial charge in [-0.3, -0.25) is 9.59 Å². The molecule has 0 aromatic heterocycles. The van der Waals surface area contributed by atoms with Gasteiger partial charge in [0.2, 0.25) is 5.91 Å². The van der Waals surface area contributed by atoms with Crippen molar-refractivity contribution in [1.29, 1.82) is 0 Å². The Bertz CT molecular complexity index is 789. The topological polar surface area (TPSA) is 69.6 Å². The second kappa shape index (κ2) is 8.35. The number of anilines is 1. The van der Waals surface area contributed by atoms with Gasteiger partial charge in [0.15, 0.2) is 0 Å². The Kier molecular flexibility index (Phi) is 5.91. The number of hydrogen-bond acceptors (Lipinski definition) is 3. The zero-order valence-electron chi connectivity index (χ0n) is 15.6. The van der Waals surface area contributed by atoms with Gasteiger partial charge >= 0.3 is 0 Å². The summed E-state index contributed by atoms with van der Waals surface area (Å²) >= 11 is 0. The van der Waals surface area contributed by atoms with E-state index in [2.05, 4.69) is 17.4 Å². The van der Waals surface area contributed by atoms with Gasteiger partial charge in [-0.15, -0.1) is 0 Å². The Morgan fingerprint density at radius 2 is 1.81 bits per heavy atom. The lowest BCUT2D eigenvalue weighted by Gasteiger charge is -2.42. The molecule has 0 bridgehead atoms. The van der Waals surface area contributed by atoms with E-state index in [9.17, 15) is 14.7 Å². The van der Waals surface area contributed by atoms with Crippen LogP contribution in [0.25, 0.3) is 0 Å². The number of carbonyl (C=O) groups excluding carboxylic acids is 2. The first-order valence-electron chi connectivity index (χ1n) is 9.33. The highest BCUT2D eigenvalue weighted by Gasteiger charge is 2.37. The van der Waals surface area contributed by atoms with Gasteiger partial charge in [-0.2, -0.15) is 0 Å². The number of nitrogens with one attached hydrogen (secondary N) is 1. The van der Waals surface area contributed by atoms with Crippen molar-refractivity contribution in [2.75, 3.05) is 25.0 Å². The molecule has 5 heteroatoms. The summed E-state index contributed by atoms with van der Waals surface area (Å²) in [5.74, 6) is -0.172. The highest BCUT2D eigenvalue weighted by atomic mass is 16.3. The van der Waals surface area contributed by atoms with Crippen LogP contribution in [0.2, 0.25) is 0 Å². The fourth-order valence-corrected chi connectivity index (χ4v) is 3.82. The zero-order valence-corrected chi connectivity index (χ0v) is 15.6. The Balaban J connectivity index is 1.72. The molecule has 1 fully saturated rings. The van der Waals surface area contributed by atoms with Gasteiger partial charge in [0.25, 0.3) is 5.91 Å². The fraction of sp³-hybridized carbons (Fsp3) is 0.364. The Morgan fingerprint density at radius 1 is 1.11 bits per heavy atom. The fourth-order valence-electron chi connectivity index (χ4n) is 3.82. The molecule has 1 unspecified atom stereocenters. The van der Waals surface area contributed by atoms with Gasteiger partial charge in [0.1, 0.15) is 0 Å². The van der Waals surface area contributed by atoms with Crippen LogP contribution in [0.15, 0.2) is 54.6 Å². The lowest BCUT2D eigenvalue weighted by atomic mass is 9.75. The number of likely N-dealkylation sites (tertiary alicyclic amines) is 1. The van der Waals surface area contributed by atoms with Crippen LogP contribution in [0.5, 0.6) is 0 Å². The van der Waals surface area contributed by atoms with E-state index in [1.165, 1.54) is 12.5 Å². The smallest absolute Gasteiger partial charge is 0.253 e. The minimum Gasteiger partial charge on any atom is -0.396 e. The van der Waals surface area contributed by atoms with Crippen LogP contribution in [0.3, 0.4) is 0 Å². The molecule has 0 saturated carbocycles. The molecule has 3 rings (SSSR count). The number of carbonyl (C=O) groups is 2. The second-order valence-electron chi connectivity index (χ2n) is 7.41. The monoisotopic (exact) mass is 366 g/mol. The van der Waals surface area contributed by atoms with Crippen molar-refractivity contribution in [2.45, 2.75) is 26.2 Å². The molecular weight excluding hydrogens is 340 g/mol. The van der Waals surface area contributed by atoms with Crippen LogP contribution in [-0.4, -0.2) is 41.5 Å². The number of aliphatic hydroxyl groups is 1. The Hall–Kier alpha value is -2.66. The third kappa shape index (κ3) is 4.74. The highest BCUT2D eigenvalue weighted by Crippen LogP contribution is 2.34. The lowest BCUT2D eigenvalue weighted by molar-refractivity contribution is -0.114. The normalized spacial score (nSPS) is 19.6. The summed E-state index contributed by atoms with van der Waals surface area (Å²) < 4.78 is 0. The van der Waals surface area contributed by atoms with Crippen molar-refractivity contribution in [3.8, 4) is 0 Å². The van der Waals surface area contributed by atoms with Crippen molar-refractivity contribution in [3.63, 3.8) is 0 Å². The second-order valence-corrected chi connectivity index (χ2v) is 7.41. The Morgan fingerprint density at radius 3 is 2.44 bits per heavy atom. The quantitative estimate of drug-likeness (QED) is 0.854. The first-order chi connectivity index (χ1) is 13.0. The van der Waals surface area contributed by atoms with E-state index in [-0.39, 0.29) is 23.8 Å². The summed E-state index contributed by atoms with van der Waals surface area (Å²) in [5.41, 5.74) is 2.15. The molecule has 0 spiro atoms. The zero-order chi connectivity index (χ0) is 19.3.